The maximum Gasteiger partial charge on any atom is 0.347 e. The molecule has 1 saturated carbocycles. The minimum atomic E-state index is -0.962. The van der Waals surface area contributed by atoms with E-state index < -0.39 is 5.97 Å². The first-order valence-electron chi connectivity index (χ1n) is 5.15. The predicted molar refractivity (Wildman–Crippen MR) is 60.0 cm³/mol. The van der Waals surface area contributed by atoms with E-state index in [0.29, 0.717) is 17.2 Å². The molecule has 0 bridgehead atoms. The number of carboxylic acids is 1. The fourth-order valence-electron chi connectivity index (χ4n) is 1.38. The van der Waals surface area contributed by atoms with Crippen LogP contribution in [0.1, 0.15) is 47.5 Å². The first-order chi connectivity index (χ1) is 7.61. The summed E-state index contributed by atoms with van der Waals surface area (Å²) in [4.78, 5) is 26.6. The summed E-state index contributed by atoms with van der Waals surface area (Å²) in [5.74, 6) is -0.834. The summed E-state index contributed by atoms with van der Waals surface area (Å²) < 4.78 is 0. The Morgan fingerprint density at radius 1 is 1.56 bits per heavy atom. The normalized spacial score (nSPS) is 14.8. The highest BCUT2D eigenvalue weighted by molar-refractivity contribution is 7.17. The molecule has 1 aliphatic carbocycles. The minimum absolute atomic E-state index is 0.145. The molecule has 0 aromatic carbocycles. The fraction of sp³-hybridized carbons (Fsp3) is 0.500. The van der Waals surface area contributed by atoms with E-state index >= 15 is 0 Å². The molecular weight excluding hydrogens is 228 g/mol. The lowest BCUT2D eigenvalue weighted by Crippen LogP contribution is -2.08. The smallest absolute Gasteiger partial charge is 0.347 e. The number of carbonyl (C=O) groups excluding carboxylic acids is 1. The van der Waals surface area contributed by atoms with Crippen LogP contribution in [0.3, 0.4) is 0 Å². The number of aromatic carboxylic acids is 1. The van der Waals surface area contributed by atoms with Crippen LogP contribution in [0.2, 0.25) is 0 Å². The molecule has 1 heterocycles. The number of nitrogens with zero attached hydrogens (tertiary/aromatic N) is 1. The molecule has 2 N–H and O–H groups in total. The van der Waals surface area contributed by atoms with Gasteiger partial charge in [-0.2, -0.15) is 0 Å². The van der Waals surface area contributed by atoms with Gasteiger partial charge in [0.05, 0.1) is 5.69 Å². The molecule has 2 rings (SSSR count). The number of thiazole rings is 1. The second-order valence-corrected chi connectivity index (χ2v) is 4.71. The van der Waals surface area contributed by atoms with Crippen LogP contribution in [0, 0.1) is 0 Å². The van der Waals surface area contributed by atoms with Crippen molar-refractivity contribution in [1.29, 1.82) is 0 Å². The predicted octanol–water partition coefficient (Wildman–Crippen LogP) is 2.07. The van der Waals surface area contributed by atoms with Crippen molar-refractivity contribution in [3.8, 4) is 0 Å². The molecule has 0 radical (unpaired) electrons. The summed E-state index contributed by atoms with van der Waals surface area (Å²) in [5.41, 5.74) is 0.629. The Labute approximate surface area is 96.5 Å². The number of carbonyl (C=O) groups is 2. The van der Waals surface area contributed by atoms with Gasteiger partial charge in [-0.1, -0.05) is 18.3 Å². The number of hydrogen-bond acceptors (Lipinski definition) is 4. The summed E-state index contributed by atoms with van der Waals surface area (Å²) in [7, 11) is 0. The van der Waals surface area contributed by atoms with Crippen molar-refractivity contribution in [2.24, 2.45) is 0 Å². The van der Waals surface area contributed by atoms with Crippen LogP contribution < -0.4 is 5.32 Å². The molecule has 0 spiro atoms. The van der Waals surface area contributed by atoms with Crippen molar-refractivity contribution in [1.82, 2.24) is 4.98 Å². The van der Waals surface area contributed by atoms with Crippen LogP contribution in [0.15, 0.2) is 0 Å². The molecule has 0 saturated heterocycles. The number of amides is 1. The van der Waals surface area contributed by atoms with Crippen molar-refractivity contribution < 1.29 is 14.7 Å². The van der Waals surface area contributed by atoms with Gasteiger partial charge in [0.25, 0.3) is 0 Å². The number of aromatic nitrogens is 1. The molecule has 1 aromatic heterocycles. The molecule has 1 aliphatic rings. The van der Waals surface area contributed by atoms with E-state index in [1.807, 2.05) is 0 Å². The van der Waals surface area contributed by atoms with E-state index in [0.717, 1.165) is 24.2 Å². The first kappa shape index (κ1) is 11.1. The van der Waals surface area contributed by atoms with E-state index in [-0.39, 0.29) is 16.7 Å². The first-order valence-corrected chi connectivity index (χ1v) is 5.97. The SMILES string of the molecule is CCC(=O)Nc1nc(C2CC2)c(C(=O)O)s1. The molecule has 1 aromatic rings. The molecule has 0 atom stereocenters. The van der Waals surface area contributed by atoms with Gasteiger partial charge in [-0.05, 0) is 12.8 Å². The third kappa shape index (κ3) is 2.21. The van der Waals surface area contributed by atoms with Crippen molar-refractivity contribution in [3.05, 3.63) is 10.6 Å². The van der Waals surface area contributed by atoms with Crippen molar-refractivity contribution in [2.75, 3.05) is 5.32 Å². The molecule has 16 heavy (non-hydrogen) atoms. The molecule has 5 nitrogen and oxygen atoms in total. The topological polar surface area (TPSA) is 79.3 Å². The van der Waals surface area contributed by atoms with E-state index in [9.17, 15) is 9.59 Å². The maximum atomic E-state index is 11.2. The molecule has 1 amide bonds. The largest absolute Gasteiger partial charge is 0.477 e. The van der Waals surface area contributed by atoms with Crippen LogP contribution in [0.5, 0.6) is 0 Å². The van der Waals surface area contributed by atoms with E-state index in [4.69, 9.17) is 5.11 Å². The number of hydrogen-bond donors (Lipinski definition) is 2. The minimum Gasteiger partial charge on any atom is -0.477 e. The van der Waals surface area contributed by atoms with Crippen LogP contribution in [-0.2, 0) is 4.79 Å². The zero-order valence-corrected chi connectivity index (χ0v) is 9.63. The Balaban J connectivity index is 2.24. The highest BCUT2D eigenvalue weighted by Crippen LogP contribution is 2.43. The lowest BCUT2D eigenvalue weighted by Gasteiger charge is -1.95. The van der Waals surface area contributed by atoms with Crippen molar-refractivity contribution in [3.63, 3.8) is 0 Å². The van der Waals surface area contributed by atoms with Crippen molar-refractivity contribution >= 4 is 28.3 Å². The summed E-state index contributed by atoms with van der Waals surface area (Å²) in [6, 6.07) is 0. The highest BCUT2D eigenvalue weighted by atomic mass is 32.1. The van der Waals surface area contributed by atoms with Gasteiger partial charge >= 0.3 is 5.97 Å². The van der Waals surface area contributed by atoms with E-state index in [2.05, 4.69) is 10.3 Å². The van der Waals surface area contributed by atoms with E-state index in [1.54, 1.807) is 6.92 Å². The standard InChI is InChI=1S/C10H12N2O3S/c1-2-6(13)11-10-12-7(5-3-4-5)8(16-10)9(14)15/h5H,2-4H2,1H3,(H,14,15)(H,11,12,13). The summed E-state index contributed by atoms with van der Waals surface area (Å²) in [5, 5.41) is 12.0. The van der Waals surface area contributed by atoms with Gasteiger partial charge in [-0.3, -0.25) is 4.79 Å². The Kier molecular flexibility index (Phi) is 2.91. The quantitative estimate of drug-likeness (QED) is 0.844. The summed E-state index contributed by atoms with van der Waals surface area (Å²) in [6.45, 7) is 1.74. The summed E-state index contributed by atoms with van der Waals surface area (Å²) in [6.07, 6.45) is 2.34. The van der Waals surface area contributed by atoms with Crippen LogP contribution in [0.25, 0.3) is 0 Å². The Morgan fingerprint density at radius 2 is 2.25 bits per heavy atom. The van der Waals surface area contributed by atoms with Gasteiger partial charge in [0, 0.05) is 12.3 Å². The molecule has 0 aliphatic heterocycles. The molecular formula is C10H12N2O3S. The average molecular weight is 240 g/mol. The molecule has 6 heteroatoms. The second-order valence-electron chi connectivity index (χ2n) is 3.71. The number of nitrogens with one attached hydrogen (secondary N) is 1. The van der Waals surface area contributed by atoms with Crippen LogP contribution >= 0.6 is 11.3 Å². The zero-order chi connectivity index (χ0) is 11.7. The monoisotopic (exact) mass is 240 g/mol. The lowest BCUT2D eigenvalue weighted by atomic mass is 10.2. The van der Waals surface area contributed by atoms with Crippen molar-refractivity contribution in [2.45, 2.75) is 32.1 Å². The molecule has 0 unspecified atom stereocenters. The Bertz CT molecular complexity index is 437. The van der Waals surface area contributed by atoms with Gasteiger partial charge in [0.1, 0.15) is 4.88 Å². The molecule has 86 valence electrons. The third-order valence-corrected chi connectivity index (χ3v) is 3.35. The lowest BCUT2D eigenvalue weighted by molar-refractivity contribution is -0.115. The molecule has 1 fully saturated rings. The van der Waals surface area contributed by atoms with Gasteiger partial charge in [0.15, 0.2) is 5.13 Å². The maximum absolute atomic E-state index is 11.2. The second kappa shape index (κ2) is 4.21. The van der Waals surface area contributed by atoms with E-state index in [1.165, 1.54) is 0 Å². The number of carboxylic acid groups (broad SMARTS) is 1. The number of rotatable bonds is 4. The Morgan fingerprint density at radius 3 is 2.75 bits per heavy atom. The van der Waals surface area contributed by atoms with Gasteiger partial charge in [-0.25, -0.2) is 9.78 Å². The Hall–Kier alpha value is -1.43. The summed E-state index contributed by atoms with van der Waals surface area (Å²) >= 11 is 1.04. The van der Waals surface area contributed by atoms with Crippen LogP contribution in [-0.4, -0.2) is 22.0 Å². The highest BCUT2D eigenvalue weighted by Gasteiger charge is 2.32. The van der Waals surface area contributed by atoms with Gasteiger partial charge in [0.2, 0.25) is 5.91 Å². The van der Waals surface area contributed by atoms with Gasteiger partial charge in [-0.15, -0.1) is 0 Å². The average Bonchev–Trinajstić information content (AvgIpc) is 3.00. The third-order valence-electron chi connectivity index (χ3n) is 2.38. The van der Waals surface area contributed by atoms with Crippen LogP contribution in [0.4, 0.5) is 5.13 Å². The van der Waals surface area contributed by atoms with Gasteiger partial charge < -0.3 is 10.4 Å². The number of anilines is 1. The fourth-order valence-corrected chi connectivity index (χ4v) is 2.29. The zero-order valence-electron chi connectivity index (χ0n) is 8.82.